The molecule has 6 nitrogen and oxygen atoms in total. The molecule has 7 heteroatoms. The van der Waals surface area contributed by atoms with Gasteiger partial charge in [-0.05, 0) is 38.2 Å². The normalized spacial score (nSPS) is 21.2. The number of hydrogen-bond acceptors (Lipinski definition) is 6. The van der Waals surface area contributed by atoms with Gasteiger partial charge in [0.2, 0.25) is 0 Å². The molecule has 2 aromatic heterocycles. The van der Waals surface area contributed by atoms with Crippen molar-refractivity contribution in [1.29, 1.82) is 0 Å². The van der Waals surface area contributed by atoms with Gasteiger partial charge in [-0.15, -0.1) is 11.3 Å². The van der Waals surface area contributed by atoms with Gasteiger partial charge in [-0.25, -0.2) is 9.97 Å². The number of nitrogens with one attached hydrogen (secondary N) is 1. The quantitative estimate of drug-likeness (QED) is 0.865. The van der Waals surface area contributed by atoms with Crippen molar-refractivity contribution in [2.75, 3.05) is 31.1 Å². The minimum atomic E-state index is -0.0235. The maximum atomic E-state index is 12.8. The highest BCUT2D eigenvalue weighted by Crippen LogP contribution is 2.35. The molecule has 2 aliphatic rings. The van der Waals surface area contributed by atoms with Gasteiger partial charge < -0.3 is 15.0 Å². The van der Waals surface area contributed by atoms with Crippen molar-refractivity contribution < 1.29 is 9.53 Å². The molecule has 2 saturated heterocycles. The Hall–Kier alpha value is -1.73. The Morgan fingerprint density at radius 3 is 2.74 bits per heavy atom. The van der Waals surface area contributed by atoms with Gasteiger partial charge in [0.1, 0.15) is 17.0 Å². The number of amides is 1. The molecule has 0 radical (unpaired) electrons. The van der Waals surface area contributed by atoms with E-state index in [1.165, 1.54) is 43.4 Å². The molecule has 0 saturated carbocycles. The minimum absolute atomic E-state index is 0.0235. The van der Waals surface area contributed by atoms with Crippen LogP contribution in [0.4, 0.5) is 5.82 Å². The summed E-state index contributed by atoms with van der Waals surface area (Å²) >= 11 is 1.47. The lowest BCUT2D eigenvalue weighted by molar-refractivity contribution is 0.0860. The third-order valence-corrected chi connectivity index (χ3v) is 6.78. The van der Waals surface area contributed by atoms with E-state index in [2.05, 4.69) is 20.2 Å². The van der Waals surface area contributed by atoms with Crippen LogP contribution < -0.4 is 10.2 Å². The number of aryl methyl sites for hydroxylation is 1. The summed E-state index contributed by atoms with van der Waals surface area (Å²) in [5.41, 5.74) is 0.998. The van der Waals surface area contributed by atoms with Crippen LogP contribution >= 0.6 is 11.3 Å². The van der Waals surface area contributed by atoms with Crippen molar-refractivity contribution in [2.24, 2.45) is 0 Å². The van der Waals surface area contributed by atoms with E-state index in [0.717, 1.165) is 59.0 Å². The fourth-order valence-electron chi connectivity index (χ4n) is 4.06. The van der Waals surface area contributed by atoms with Crippen molar-refractivity contribution in [3.05, 3.63) is 16.8 Å². The zero-order valence-corrected chi connectivity index (χ0v) is 16.8. The Bertz CT molecular complexity index is 793. The molecule has 4 rings (SSSR count). The van der Waals surface area contributed by atoms with Gasteiger partial charge >= 0.3 is 0 Å². The van der Waals surface area contributed by atoms with E-state index in [0.29, 0.717) is 6.54 Å². The maximum Gasteiger partial charge on any atom is 0.261 e. The topological polar surface area (TPSA) is 67.3 Å². The summed E-state index contributed by atoms with van der Waals surface area (Å²) in [6.07, 6.45) is 10.2. The van der Waals surface area contributed by atoms with Gasteiger partial charge in [-0.1, -0.05) is 19.3 Å². The van der Waals surface area contributed by atoms with Crippen molar-refractivity contribution in [3.8, 4) is 0 Å². The predicted octanol–water partition coefficient (Wildman–Crippen LogP) is 3.68. The average Bonchev–Trinajstić information content (AvgIpc) is 3.28. The van der Waals surface area contributed by atoms with Crippen molar-refractivity contribution >= 4 is 33.3 Å². The van der Waals surface area contributed by atoms with Crippen molar-refractivity contribution in [3.63, 3.8) is 0 Å². The van der Waals surface area contributed by atoms with Crippen LogP contribution in [0.5, 0.6) is 0 Å². The van der Waals surface area contributed by atoms with E-state index < -0.39 is 0 Å². The molecule has 0 spiro atoms. The third kappa shape index (κ3) is 4.09. The van der Waals surface area contributed by atoms with Crippen LogP contribution in [0.15, 0.2) is 6.33 Å². The average molecular weight is 389 g/mol. The summed E-state index contributed by atoms with van der Waals surface area (Å²) in [4.78, 5) is 25.9. The molecule has 146 valence electrons. The van der Waals surface area contributed by atoms with E-state index in [9.17, 15) is 4.79 Å². The van der Waals surface area contributed by atoms with E-state index in [4.69, 9.17) is 4.74 Å². The standard InChI is InChI=1S/C20H28N4O2S/c1-14-16-18(24-9-5-3-2-4-6-10-24)22-13-23-20(16)27-17(14)19(25)21-12-15-8-7-11-26-15/h13,15H,2-12H2,1H3,(H,21,25)/t15-/m1/s1. The summed E-state index contributed by atoms with van der Waals surface area (Å²) in [5, 5.41) is 4.09. The van der Waals surface area contributed by atoms with E-state index in [1.807, 2.05) is 6.92 Å². The number of anilines is 1. The largest absolute Gasteiger partial charge is 0.376 e. The SMILES string of the molecule is Cc1c(C(=O)NC[C@H]2CCCO2)sc2ncnc(N3CCCCCCC3)c12. The zero-order chi connectivity index (χ0) is 18.6. The highest BCUT2D eigenvalue weighted by molar-refractivity contribution is 7.20. The fourth-order valence-corrected chi connectivity index (χ4v) is 5.12. The molecule has 2 aromatic rings. The molecule has 0 aliphatic carbocycles. The van der Waals surface area contributed by atoms with Gasteiger partial charge in [-0.3, -0.25) is 4.79 Å². The third-order valence-electron chi connectivity index (χ3n) is 5.58. The molecule has 0 aromatic carbocycles. The van der Waals surface area contributed by atoms with E-state index in [-0.39, 0.29) is 12.0 Å². The first-order chi connectivity index (χ1) is 13.2. The van der Waals surface area contributed by atoms with Gasteiger partial charge in [-0.2, -0.15) is 0 Å². The summed E-state index contributed by atoms with van der Waals surface area (Å²) in [6, 6.07) is 0. The summed E-state index contributed by atoms with van der Waals surface area (Å²) in [5.74, 6) is 0.971. The molecule has 0 unspecified atom stereocenters. The Kier molecular flexibility index (Phi) is 5.88. The van der Waals surface area contributed by atoms with Crippen LogP contribution in [0, 0.1) is 6.92 Å². The first kappa shape index (κ1) is 18.6. The van der Waals surface area contributed by atoms with E-state index >= 15 is 0 Å². The second-order valence-corrected chi connectivity index (χ2v) is 8.53. The molecule has 2 aliphatic heterocycles. The molecule has 0 bridgehead atoms. The molecule has 1 N–H and O–H groups in total. The molecule has 2 fully saturated rings. The number of carbonyl (C=O) groups is 1. The smallest absolute Gasteiger partial charge is 0.261 e. The lowest BCUT2D eigenvalue weighted by Gasteiger charge is -2.26. The number of rotatable bonds is 4. The van der Waals surface area contributed by atoms with Crippen molar-refractivity contribution in [2.45, 2.75) is 58.0 Å². The molecule has 1 amide bonds. The Balaban J connectivity index is 1.58. The highest BCUT2D eigenvalue weighted by atomic mass is 32.1. The first-order valence-electron chi connectivity index (χ1n) is 10.1. The van der Waals surface area contributed by atoms with Crippen LogP contribution in [0.3, 0.4) is 0 Å². The maximum absolute atomic E-state index is 12.8. The first-order valence-corrected chi connectivity index (χ1v) is 10.9. The molecular formula is C20H28N4O2S. The molecule has 1 atom stereocenters. The van der Waals surface area contributed by atoms with Gasteiger partial charge in [0.15, 0.2) is 0 Å². The van der Waals surface area contributed by atoms with Crippen LogP contribution in [0.2, 0.25) is 0 Å². The van der Waals surface area contributed by atoms with Crippen LogP contribution in [-0.4, -0.2) is 48.2 Å². The molecule has 4 heterocycles. The van der Waals surface area contributed by atoms with E-state index in [1.54, 1.807) is 6.33 Å². The number of aromatic nitrogens is 2. The van der Waals surface area contributed by atoms with Crippen LogP contribution in [0.25, 0.3) is 10.2 Å². The second-order valence-electron chi connectivity index (χ2n) is 7.53. The Morgan fingerprint density at radius 1 is 1.22 bits per heavy atom. The van der Waals surface area contributed by atoms with Crippen LogP contribution in [-0.2, 0) is 4.74 Å². The summed E-state index contributed by atoms with van der Waals surface area (Å²) in [6.45, 7) is 5.47. The monoisotopic (exact) mass is 388 g/mol. The number of thiophene rings is 1. The van der Waals surface area contributed by atoms with Crippen LogP contribution in [0.1, 0.15) is 60.2 Å². The van der Waals surface area contributed by atoms with Gasteiger partial charge in [0.25, 0.3) is 5.91 Å². The number of fused-ring (bicyclic) bond motifs is 1. The zero-order valence-electron chi connectivity index (χ0n) is 16.0. The molecule has 27 heavy (non-hydrogen) atoms. The lowest BCUT2D eigenvalue weighted by Crippen LogP contribution is -2.31. The number of ether oxygens (including phenoxy) is 1. The molecular weight excluding hydrogens is 360 g/mol. The number of hydrogen-bond donors (Lipinski definition) is 1. The Labute approximate surface area is 164 Å². The number of nitrogens with zero attached hydrogens (tertiary/aromatic N) is 3. The second kappa shape index (κ2) is 8.52. The summed E-state index contributed by atoms with van der Waals surface area (Å²) in [7, 11) is 0. The van der Waals surface area contributed by atoms with Crippen molar-refractivity contribution in [1.82, 2.24) is 15.3 Å². The highest BCUT2D eigenvalue weighted by Gasteiger charge is 2.23. The predicted molar refractivity (Wildman–Crippen MR) is 109 cm³/mol. The lowest BCUT2D eigenvalue weighted by atomic mass is 10.1. The Morgan fingerprint density at radius 2 is 2.00 bits per heavy atom. The number of carbonyl (C=O) groups excluding carboxylic acids is 1. The van der Waals surface area contributed by atoms with Gasteiger partial charge in [0.05, 0.1) is 16.4 Å². The summed E-state index contributed by atoms with van der Waals surface area (Å²) < 4.78 is 5.61. The van der Waals surface area contributed by atoms with Gasteiger partial charge in [0, 0.05) is 26.2 Å². The minimum Gasteiger partial charge on any atom is -0.376 e. The fraction of sp³-hybridized carbons (Fsp3) is 0.650.